The monoisotopic (exact) mass is 474 g/mol. The van der Waals surface area contributed by atoms with Crippen molar-refractivity contribution in [2.45, 2.75) is 50.1 Å². The van der Waals surface area contributed by atoms with Crippen molar-refractivity contribution in [3.63, 3.8) is 0 Å². The van der Waals surface area contributed by atoms with E-state index in [0.717, 1.165) is 10.8 Å². The van der Waals surface area contributed by atoms with Gasteiger partial charge in [-0.05, 0) is 48.1 Å². The summed E-state index contributed by atoms with van der Waals surface area (Å²) < 4.78 is 28.6. The molecule has 0 saturated carbocycles. The zero-order chi connectivity index (χ0) is 24.2. The predicted octanol–water partition coefficient (Wildman–Crippen LogP) is 1.03. The van der Waals surface area contributed by atoms with Gasteiger partial charge in [0.25, 0.3) is 0 Å². The number of sulfonamides is 1. The minimum atomic E-state index is -4.02. The fraction of sp³-hybridized carbons (Fsp3) is 0.435. The largest absolute Gasteiger partial charge is 0.368 e. The van der Waals surface area contributed by atoms with Crippen LogP contribution in [-0.4, -0.2) is 44.8 Å². The van der Waals surface area contributed by atoms with Gasteiger partial charge in [-0.1, -0.05) is 44.2 Å². The summed E-state index contributed by atoms with van der Waals surface area (Å²) in [6.45, 7) is 4.22. The Hall–Kier alpha value is -2.98. The normalized spacial score (nSPS) is 18.2. The molecule has 9 nitrogen and oxygen atoms in total. The Morgan fingerprint density at radius 2 is 1.82 bits per heavy atom. The minimum absolute atomic E-state index is 0.00677. The highest BCUT2D eigenvalue weighted by atomic mass is 32.2. The first-order valence-electron chi connectivity index (χ1n) is 11.0. The maximum atomic E-state index is 13.1. The number of carbonyl (C=O) groups excluding carboxylic acids is 3. The standard InChI is InChI=1S/C23H30N4O5S/c1-14(2)11-20(23(30)26-19(21(24)28)13-17-9-10-25-22(17)29)27-33(31,32)18-8-7-15-5-3-4-6-16(15)12-18/h3-8,12,14,17,19-20,27H,9-11,13H2,1-2H3,(H2,24,28)(H,25,29)(H,26,30)/t17-,19-,20?/m0/s1. The third-order valence-corrected chi connectivity index (χ3v) is 7.16. The molecule has 0 bridgehead atoms. The molecular weight excluding hydrogens is 444 g/mol. The molecule has 5 N–H and O–H groups in total. The molecule has 1 heterocycles. The summed E-state index contributed by atoms with van der Waals surface area (Å²) in [6, 6.07) is 9.92. The van der Waals surface area contributed by atoms with Crippen molar-refractivity contribution < 1.29 is 22.8 Å². The van der Waals surface area contributed by atoms with E-state index in [4.69, 9.17) is 5.73 Å². The van der Waals surface area contributed by atoms with Gasteiger partial charge in [0.15, 0.2) is 0 Å². The number of amides is 3. The number of nitrogens with one attached hydrogen (secondary N) is 3. The van der Waals surface area contributed by atoms with E-state index in [1.807, 2.05) is 38.1 Å². The van der Waals surface area contributed by atoms with E-state index in [2.05, 4.69) is 15.4 Å². The second-order valence-electron chi connectivity index (χ2n) is 8.79. The lowest BCUT2D eigenvalue weighted by atomic mass is 9.97. The van der Waals surface area contributed by atoms with Crippen LogP contribution < -0.4 is 21.1 Å². The number of rotatable bonds is 10. The van der Waals surface area contributed by atoms with Crippen molar-refractivity contribution in [1.29, 1.82) is 0 Å². The Kier molecular flexibility index (Phi) is 7.70. The lowest BCUT2D eigenvalue weighted by Gasteiger charge is -2.24. The summed E-state index contributed by atoms with van der Waals surface area (Å²) in [4.78, 5) is 36.9. The molecule has 0 aliphatic carbocycles. The van der Waals surface area contributed by atoms with Crippen molar-refractivity contribution in [2.75, 3.05) is 6.54 Å². The molecule has 2 aromatic carbocycles. The smallest absolute Gasteiger partial charge is 0.241 e. The van der Waals surface area contributed by atoms with Crippen molar-refractivity contribution >= 4 is 38.5 Å². The Morgan fingerprint density at radius 1 is 1.12 bits per heavy atom. The Morgan fingerprint density at radius 3 is 2.42 bits per heavy atom. The van der Waals surface area contributed by atoms with Crippen molar-refractivity contribution in [1.82, 2.24) is 15.4 Å². The lowest BCUT2D eigenvalue weighted by molar-refractivity contribution is -0.130. The highest BCUT2D eigenvalue weighted by molar-refractivity contribution is 7.89. The van der Waals surface area contributed by atoms with E-state index >= 15 is 0 Å². The molecule has 1 saturated heterocycles. The topological polar surface area (TPSA) is 147 Å². The summed E-state index contributed by atoms with van der Waals surface area (Å²) in [5.74, 6) is -2.06. The van der Waals surface area contributed by atoms with Gasteiger partial charge < -0.3 is 16.4 Å². The van der Waals surface area contributed by atoms with Crippen LogP contribution in [0.15, 0.2) is 47.4 Å². The van der Waals surface area contributed by atoms with Gasteiger partial charge in [-0.3, -0.25) is 14.4 Å². The number of carbonyl (C=O) groups is 3. The Bertz CT molecular complexity index is 1150. The molecule has 1 aliphatic rings. The summed E-state index contributed by atoms with van der Waals surface area (Å²) in [6.07, 6.45) is 0.829. The number of fused-ring (bicyclic) bond motifs is 1. The third-order valence-electron chi connectivity index (χ3n) is 5.70. The summed E-state index contributed by atoms with van der Waals surface area (Å²) in [5.41, 5.74) is 5.46. The molecule has 178 valence electrons. The summed E-state index contributed by atoms with van der Waals surface area (Å²) in [5, 5.41) is 6.89. The number of hydrogen-bond acceptors (Lipinski definition) is 5. The zero-order valence-electron chi connectivity index (χ0n) is 18.7. The van der Waals surface area contributed by atoms with E-state index < -0.39 is 39.8 Å². The second kappa shape index (κ2) is 10.3. The van der Waals surface area contributed by atoms with Crippen molar-refractivity contribution in [2.24, 2.45) is 17.6 Å². The molecule has 33 heavy (non-hydrogen) atoms. The quantitative estimate of drug-likeness (QED) is 0.406. The third kappa shape index (κ3) is 6.29. The molecule has 1 unspecified atom stereocenters. The molecule has 2 aromatic rings. The van der Waals surface area contributed by atoms with Crippen LogP contribution >= 0.6 is 0 Å². The Labute approximate surface area is 193 Å². The lowest BCUT2D eigenvalue weighted by Crippen LogP contribution is -2.53. The minimum Gasteiger partial charge on any atom is -0.368 e. The molecule has 1 fully saturated rings. The van der Waals surface area contributed by atoms with Crippen LogP contribution in [0.5, 0.6) is 0 Å². The molecule has 3 rings (SSSR count). The fourth-order valence-electron chi connectivity index (χ4n) is 3.94. The molecule has 0 aromatic heterocycles. The van der Waals surface area contributed by atoms with Crippen LogP contribution in [0.2, 0.25) is 0 Å². The van der Waals surface area contributed by atoms with Crippen LogP contribution in [-0.2, 0) is 24.4 Å². The van der Waals surface area contributed by atoms with Crippen LogP contribution in [0.3, 0.4) is 0 Å². The average molecular weight is 475 g/mol. The van der Waals surface area contributed by atoms with E-state index in [0.29, 0.717) is 13.0 Å². The van der Waals surface area contributed by atoms with E-state index in [-0.39, 0.29) is 29.6 Å². The van der Waals surface area contributed by atoms with Crippen molar-refractivity contribution in [3.05, 3.63) is 42.5 Å². The average Bonchev–Trinajstić information content (AvgIpc) is 3.16. The van der Waals surface area contributed by atoms with E-state index in [1.54, 1.807) is 12.1 Å². The molecule has 0 spiro atoms. The van der Waals surface area contributed by atoms with Crippen LogP contribution in [0.25, 0.3) is 10.8 Å². The van der Waals surface area contributed by atoms with Gasteiger partial charge in [0.2, 0.25) is 27.7 Å². The van der Waals surface area contributed by atoms with Crippen LogP contribution in [0.1, 0.15) is 33.1 Å². The highest BCUT2D eigenvalue weighted by Crippen LogP contribution is 2.20. The first-order valence-corrected chi connectivity index (χ1v) is 12.4. The highest BCUT2D eigenvalue weighted by Gasteiger charge is 2.33. The number of primary amides is 1. The number of nitrogens with two attached hydrogens (primary N) is 1. The van der Waals surface area contributed by atoms with E-state index in [9.17, 15) is 22.8 Å². The van der Waals surface area contributed by atoms with Crippen LogP contribution in [0.4, 0.5) is 0 Å². The molecular formula is C23H30N4O5S. The Balaban J connectivity index is 1.78. The van der Waals surface area contributed by atoms with Gasteiger partial charge >= 0.3 is 0 Å². The van der Waals surface area contributed by atoms with Gasteiger partial charge in [-0.2, -0.15) is 4.72 Å². The molecule has 10 heteroatoms. The van der Waals surface area contributed by atoms with Gasteiger partial charge in [0.1, 0.15) is 12.1 Å². The van der Waals surface area contributed by atoms with E-state index in [1.165, 1.54) is 6.07 Å². The number of hydrogen-bond donors (Lipinski definition) is 4. The van der Waals surface area contributed by atoms with Crippen molar-refractivity contribution in [3.8, 4) is 0 Å². The fourth-order valence-corrected chi connectivity index (χ4v) is 5.19. The molecule has 3 atom stereocenters. The van der Waals surface area contributed by atoms with Crippen LogP contribution in [0, 0.1) is 11.8 Å². The first-order chi connectivity index (χ1) is 15.6. The predicted molar refractivity (Wildman–Crippen MR) is 124 cm³/mol. The molecule has 1 aliphatic heterocycles. The molecule has 3 amide bonds. The molecule has 0 radical (unpaired) electrons. The van der Waals surface area contributed by atoms with Gasteiger partial charge in [-0.15, -0.1) is 0 Å². The number of benzene rings is 2. The first kappa shape index (κ1) is 24.7. The summed E-state index contributed by atoms with van der Waals surface area (Å²) in [7, 11) is -4.02. The van der Waals surface area contributed by atoms with Gasteiger partial charge in [0.05, 0.1) is 4.90 Å². The zero-order valence-corrected chi connectivity index (χ0v) is 19.5. The maximum Gasteiger partial charge on any atom is 0.241 e. The summed E-state index contributed by atoms with van der Waals surface area (Å²) >= 11 is 0. The SMILES string of the molecule is CC(C)CC(NS(=O)(=O)c1ccc2ccccc2c1)C(=O)N[C@@H](C[C@@H]1CCNC1=O)C(N)=O. The maximum absolute atomic E-state index is 13.1. The van der Waals surface area contributed by atoms with Gasteiger partial charge in [0, 0.05) is 12.5 Å². The second-order valence-corrected chi connectivity index (χ2v) is 10.5. The van der Waals surface area contributed by atoms with Gasteiger partial charge in [-0.25, -0.2) is 8.42 Å².